The van der Waals surface area contributed by atoms with Gasteiger partial charge in [0.25, 0.3) is 5.91 Å². The van der Waals surface area contributed by atoms with Crippen LogP contribution >= 0.6 is 19.0 Å². The number of ether oxygens (including phenoxy) is 1. The summed E-state index contributed by atoms with van der Waals surface area (Å²) in [6, 6.07) is 30.7. The predicted octanol–water partition coefficient (Wildman–Crippen LogP) is 3.61. The fourth-order valence-electron chi connectivity index (χ4n) is 5.27. The van der Waals surface area contributed by atoms with Crippen molar-refractivity contribution in [3.8, 4) is 0 Å². The molecule has 5 rings (SSSR count). The lowest BCUT2D eigenvalue weighted by atomic mass is 10.0. The molecule has 3 aromatic rings. The molecule has 1 N–H and O–H groups in total. The van der Waals surface area contributed by atoms with Crippen LogP contribution in [0.15, 0.2) is 102 Å². The molecule has 2 atom stereocenters. The summed E-state index contributed by atoms with van der Waals surface area (Å²) >= 11 is 1.57. The van der Waals surface area contributed by atoms with Crippen LogP contribution in [0.3, 0.4) is 0 Å². The first-order valence-corrected chi connectivity index (χ1v) is 15.9. The summed E-state index contributed by atoms with van der Waals surface area (Å²) in [7, 11) is -2.31. The third-order valence-electron chi connectivity index (χ3n) is 6.91. The van der Waals surface area contributed by atoms with Crippen molar-refractivity contribution in [3.63, 3.8) is 0 Å². The number of amides is 2. The Balaban J connectivity index is 1.72. The normalized spacial score (nSPS) is 19.2. The van der Waals surface area contributed by atoms with Crippen molar-refractivity contribution < 1.29 is 19.1 Å². The maximum absolute atomic E-state index is 13.8. The number of esters is 1. The summed E-state index contributed by atoms with van der Waals surface area (Å²) < 4.78 is 5.86. The van der Waals surface area contributed by atoms with E-state index in [9.17, 15) is 14.4 Å². The molecule has 1 saturated heterocycles. The zero-order valence-electron chi connectivity index (χ0n) is 22.2. The number of carbonyl (C=O) groups excluding carboxylic acids is 3. The smallest absolute Gasteiger partial charge is 0.355 e. The van der Waals surface area contributed by atoms with Gasteiger partial charge < -0.3 is 10.1 Å². The van der Waals surface area contributed by atoms with Crippen molar-refractivity contribution in [2.45, 2.75) is 37.8 Å². The highest BCUT2D eigenvalue weighted by Gasteiger charge is 2.56. The van der Waals surface area contributed by atoms with Gasteiger partial charge in [-0.05, 0) is 57.2 Å². The van der Waals surface area contributed by atoms with Gasteiger partial charge in [0, 0.05) is 11.3 Å². The van der Waals surface area contributed by atoms with Gasteiger partial charge in [-0.1, -0.05) is 54.6 Å². The number of benzene rings is 3. The summed E-state index contributed by atoms with van der Waals surface area (Å²) in [5.41, 5.74) is 0.469. The molecule has 39 heavy (non-hydrogen) atoms. The van der Waals surface area contributed by atoms with Crippen molar-refractivity contribution in [1.82, 2.24) is 10.2 Å². The molecule has 0 unspecified atom stereocenters. The number of rotatable bonds is 8. The first-order valence-electron chi connectivity index (χ1n) is 12.9. The predicted molar refractivity (Wildman–Crippen MR) is 159 cm³/mol. The van der Waals surface area contributed by atoms with E-state index >= 15 is 0 Å². The van der Waals surface area contributed by atoms with Crippen LogP contribution in [0.1, 0.15) is 20.8 Å². The molecule has 0 aromatic heterocycles. The molecule has 2 amide bonds. The summed E-state index contributed by atoms with van der Waals surface area (Å²) in [6.07, 6.45) is 1.12. The lowest BCUT2D eigenvalue weighted by Crippen LogP contribution is -2.69. The van der Waals surface area contributed by atoms with E-state index in [2.05, 4.69) is 78.1 Å². The summed E-state index contributed by atoms with van der Waals surface area (Å²) in [6.45, 7) is 5.47. The molecule has 1 fully saturated rings. The number of β-lactam (4-membered cyclic amide) rings is 1. The minimum Gasteiger partial charge on any atom is -0.455 e. The standard InChI is InChI=1S/C31H31N2O4PS/c1-31(2,3)37-30(36)27-22(20-39-29-26(32-21-34)28(35)33(27)29)19-38(23-13-7-4-8-14-23,24-15-9-5-10-16-24)25-17-11-6-12-18-25/h4-18,21,26,29H,19-20H2,1-3H3/p+1/t26-,29-/m1/s1. The second-order valence-corrected chi connectivity index (χ2v) is 15.2. The highest BCUT2D eigenvalue weighted by molar-refractivity contribution is 8.00. The van der Waals surface area contributed by atoms with Crippen LogP contribution in [-0.2, 0) is 19.1 Å². The molecule has 2 aliphatic rings. The summed E-state index contributed by atoms with van der Waals surface area (Å²) in [5.74, 6) is -0.248. The van der Waals surface area contributed by atoms with Crippen LogP contribution in [0.25, 0.3) is 0 Å². The van der Waals surface area contributed by atoms with E-state index in [1.165, 1.54) is 20.8 Å². The maximum Gasteiger partial charge on any atom is 0.355 e. The topological polar surface area (TPSA) is 75.7 Å². The molecule has 0 aliphatic carbocycles. The van der Waals surface area contributed by atoms with Gasteiger partial charge in [-0.2, -0.15) is 0 Å². The fourth-order valence-corrected chi connectivity index (χ4v) is 11.1. The van der Waals surface area contributed by atoms with Crippen molar-refractivity contribution in [3.05, 3.63) is 102 Å². The van der Waals surface area contributed by atoms with E-state index in [1.807, 2.05) is 39.0 Å². The second kappa shape index (κ2) is 11.0. The van der Waals surface area contributed by atoms with Gasteiger partial charge in [-0.15, -0.1) is 11.8 Å². The Bertz CT molecular complexity index is 1290. The number of nitrogens with zero attached hydrogens (tertiary/aromatic N) is 1. The van der Waals surface area contributed by atoms with Crippen LogP contribution in [0, 0.1) is 0 Å². The van der Waals surface area contributed by atoms with Gasteiger partial charge >= 0.3 is 5.97 Å². The third-order valence-corrected chi connectivity index (χ3v) is 12.6. The molecular weight excluding hydrogens is 527 g/mol. The minimum absolute atomic E-state index is 0.291. The van der Waals surface area contributed by atoms with Crippen LogP contribution < -0.4 is 21.2 Å². The average Bonchev–Trinajstić information content (AvgIpc) is 2.94. The molecule has 200 valence electrons. The minimum atomic E-state index is -2.31. The summed E-state index contributed by atoms with van der Waals surface area (Å²) in [5, 5.41) is 5.86. The van der Waals surface area contributed by atoms with Gasteiger partial charge in [0.1, 0.15) is 45.9 Å². The third kappa shape index (κ3) is 5.13. The van der Waals surface area contributed by atoms with Gasteiger partial charge in [0.2, 0.25) is 6.41 Å². The van der Waals surface area contributed by atoms with E-state index in [1.54, 1.807) is 11.8 Å². The SMILES string of the molecule is CC(C)(C)OC(=O)C1=C(C[P+](c2ccccc2)(c2ccccc2)c2ccccc2)CS[C@@H]2[C@H](NC=O)C(=O)N12. The maximum atomic E-state index is 13.8. The zero-order chi connectivity index (χ0) is 27.6. The molecule has 6 nitrogen and oxygen atoms in total. The van der Waals surface area contributed by atoms with Gasteiger partial charge in [0.05, 0.1) is 6.16 Å². The number of hydrogen-bond acceptors (Lipinski definition) is 5. The Labute approximate surface area is 234 Å². The number of thioether (sulfide) groups is 1. The van der Waals surface area contributed by atoms with E-state index in [0.717, 1.165) is 5.57 Å². The van der Waals surface area contributed by atoms with E-state index in [0.29, 0.717) is 24.0 Å². The van der Waals surface area contributed by atoms with Crippen molar-refractivity contribution in [1.29, 1.82) is 0 Å². The van der Waals surface area contributed by atoms with Crippen molar-refractivity contribution in [2.24, 2.45) is 0 Å². The monoisotopic (exact) mass is 559 g/mol. The molecule has 2 heterocycles. The lowest BCUT2D eigenvalue weighted by Gasteiger charge is -2.49. The molecular formula is C31H32N2O4PS+. The van der Waals surface area contributed by atoms with Crippen LogP contribution in [-0.4, -0.2) is 52.1 Å². The first kappa shape index (κ1) is 27.2. The molecule has 0 spiro atoms. The van der Waals surface area contributed by atoms with Gasteiger partial charge in [-0.3, -0.25) is 14.5 Å². The average molecular weight is 560 g/mol. The molecule has 0 radical (unpaired) electrons. The summed E-state index contributed by atoms with van der Waals surface area (Å²) in [4.78, 5) is 39.7. The highest BCUT2D eigenvalue weighted by Crippen LogP contribution is 2.58. The van der Waals surface area contributed by atoms with Gasteiger partial charge in [-0.25, -0.2) is 4.79 Å². The number of hydrogen-bond donors (Lipinski definition) is 1. The number of fused-ring (bicyclic) bond motifs is 1. The van der Waals surface area contributed by atoms with Crippen molar-refractivity contribution in [2.75, 3.05) is 11.9 Å². The van der Waals surface area contributed by atoms with Crippen LogP contribution in [0.2, 0.25) is 0 Å². The zero-order valence-corrected chi connectivity index (χ0v) is 24.0. The number of carbonyl (C=O) groups is 3. The van der Waals surface area contributed by atoms with Crippen LogP contribution in [0.4, 0.5) is 0 Å². The Kier molecular flexibility index (Phi) is 7.66. The Morgan fingerprint density at radius 2 is 1.44 bits per heavy atom. The second-order valence-electron chi connectivity index (χ2n) is 10.6. The van der Waals surface area contributed by atoms with E-state index < -0.39 is 24.9 Å². The molecule has 3 aromatic carbocycles. The molecule has 2 aliphatic heterocycles. The fraction of sp³-hybridized carbons (Fsp3) is 0.258. The Morgan fingerprint density at radius 3 is 1.87 bits per heavy atom. The Hall–Kier alpha value is -3.41. The Morgan fingerprint density at radius 1 is 0.949 bits per heavy atom. The van der Waals surface area contributed by atoms with Crippen LogP contribution in [0.5, 0.6) is 0 Å². The molecule has 0 saturated carbocycles. The largest absolute Gasteiger partial charge is 0.455 e. The van der Waals surface area contributed by atoms with Crippen molar-refractivity contribution >= 4 is 53.2 Å². The lowest BCUT2D eigenvalue weighted by molar-refractivity contribution is -0.158. The first-order chi connectivity index (χ1) is 18.8. The molecule has 8 heteroatoms. The quantitative estimate of drug-likeness (QED) is 0.198. The molecule has 0 bridgehead atoms. The number of nitrogens with one attached hydrogen (secondary N) is 1. The highest BCUT2D eigenvalue weighted by atomic mass is 32.2. The van der Waals surface area contributed by atoms with E-state index in [-0.39, 0.29) is 11.3 Å². The van der Waals surface area contributed by atoms with Gasteiger partial charge in [0.15, 0.2) is 0 Å². The van der Waals surface area contributed by atoms with E-state index in [4.69, 9.17) is 4.74 Å².